The molecule has 5 rings (SSSR count). The Morgan fingerprint density at radius 1 is 0.571 bits per heavy atom. The summed E-state index contributed by atoms with van der Waals surface area (Å²) in [6, 6.07) is 22.3. The zero-order valence-corrected chi connectivity index (χ0v) is 11.2. The number of aromatic nitrogens is 1. The normalized spacial score (nSPS) is 12.0. The van der Waals surface area contributed by atoms with Crippen LogP contribution in [0.5, 0.6) is 0 Å². The van der Waals surface area contributed by atoms with Crippen molar-refractivity contribution in [3.63, 3.8) is 0 Å². The first-order chi connectivity index (χ1) is 10.3. The molecule has 4 aromatic carbocycles. The minimum Gasteiger partial charge on any atom is -0.618 e. The van der Waals surface area contributed by atoms with Crippen LogP contribution in [0.3, 0.4) is 0 Å². The lowest BCUT2D eigenvalue weighted by Gasteiger charge is -2.13. The number of para-hydroxylation sites is 1. The lowest BCUT2D eigenvalue weighted by Crippen LogP contribution is -2.28. The van der Waals surface area contributed by atoms with E-state index in [0.29, 0.717) is 0 Å². The lowest BCUT2D eigenvalue weighted by atomic mass is 9.94. The highest BCUT2D eigenvalue weighted by molar-refractivity contribution is 6.26. The average molecular weight is 269 g/mol. The van der Waals surface area contributed by atoms with E-state index in [1.807, 2.05) is 36.4 Å². The number of fused-ring (bicyclic) bond motifs is 2. The van der Waals surface area contributed by atoms with Crippen LogP contribution in [0, 0.1) is 5.21 Å². The van der Waals surface area contributed by atoms with Crippen LogP contribution in [0.25, 0.3) is 43.4 Å². The van der Waals surface area contributed by atoms with Crippen LogP contribution in [0.4, 0.5) is 0 Å². The van der Waals surface area contributed by atoms with Crippen molar-refractivity contribution in [2.45, 2.75) is 0 Å². The molecule has 2 nitrogen and oxygen atoms in total. The molecule has 0 unspecified atom stereocenters. The van der Waals surface area contributed by atoms with Crippen LogP contribution in [0.1, 0.15) is 0 Å². The summed E-state index contributed by atoms with van der Waals surface area (Å²) in [6.07, 6.45) is 0. The van der Waals surface area contributed by atoms with Crippen molar-refractivity contribution in [3.8, 4) is 0 Å². The van der Waals surface area contributed by atoms with Crippen molar-refractivity contribution in [3.05, 3.63) is 71.9 Å². The molecule has 0 bridgehead atoms. The number of pyridine rings is 1. The Hall–Kier alpha value is -2.87. The second-order valence-electron chi connectivity index (χ2n) is 5.46. The molecule has 0 fully saturated rings. The minimum absolute atomic E-state index is 0.725. The molecule has 0 saturated carbocycles. The molecule has 1 aromatic heterocycles. The topological polar surface area (TPSA) is 26.9 Å². The van der Waals surface area contributed by atoms with Gasteiger partial charge in [0, 0.05) is 22.9 Å². The van der Waals surface area contributed by atoms with E-state index in [1.165, 1.54) is 16.2 Å². The van der Waals surface area contributed by atoms with Gasteiger partial charge in [0.1, 0.15) is 0 Å². The number of rotatable bonds is 0. The fourth-order valence-corrected chi connectivity index (χ4v) is 3.47. The molecule has 21 heavy (non-hydrogen) atoms. The number of hydrogen-bond acceptors (Lipinski definition) is 1. The van der Waals surface area contributed by atoms with Crippen LogP contribution >= 0.6 is 0 Å². The first kappa shape index (κ1) is 10.9. The lowest BCUT2D eigenvalue weighted by molar-refractivity contribution is -0.547. The summed E-state index contributed by atoms with van der Waals surface area (Å²) >= 11 is 0. The van der Waals surface area contributed by atoms with E-state index < -0.39 is 0 Å². The smallest absolute Gasteiger partial charge is 0.225 e. The number of nitrogens with zero attached hydrogens (tertiary/aromatic N) is 1. The van der Waals surface area contributed by atoms with Crippen molar-refractivity contribution in [2.24, 2.45) is 0 Å². The van der Waals surface area contributed by atoms with E-state index in [0.717, 1.165) is 31.9 Å². The van der Waals surface area contributed by atoms with Gasteiger partial charge in [-0.15, -0.1) is 0 Å². The van der Waals surface area contributed by atoms with Crippen molar-refractivity contribution >= 4 is 43.4 Å². The van der Waals surface area contributed by atoms with E-state index in [1.54, 1.807) is 0 Å². The van der Waals surface area contributed by atoms with Gasteiger partial charge in [-0.05, 0) is 22.9 Å². The van der Waals surface area contributed by atoms with Crippen molar-refractivity contribution < 1.29 is 4.73 Å². The maximum absolute atomic E-state index is 12.7. The predicted molar refractivity (Wildman–Crippen MR) is 86.6 cm³/mol. The molecule has 0 atom stereocenters. The van der Waals surface area contributed by atoms with Gasteiger partial charge in [0.2, 0.25) is 11.0 Å². The Morgan fingerprint density at radius 3 is 2.19 bits per heavy atom. The molecule has 0 aliphatic rings. The molecule has 98 valence electrons. The van der Waals surface area contributed by atoms with E-state index in [2.05, 4.69) is 30.3 Å². The molecule has 2 heteroatoms. The van der Waals surface area contributed by atoms with Crippen LogP contribution in [-0.4, -0.2) is 0 Å². The Kier molecular flexibility index (Phi) is 1.87. The van der Waals surface area contributed by atoms with Gasteiger partial charge in [0.05, 0.1) is 10.8 Å². The van der Waals surface area contributed by atoms with Gasteiger partial charge in [-0.25, -0.2) is 0 Å². The van der Waals surface area contributed by atoms with Crippen molar-refractivity contribution in [1.82, 2.24) is 0 Å². The Labute approximate surface area is 120 Å². The Balaban J connectivity index is 2.26. The van der Waals surface area contributed by atoms with E-state index in [9.17, 15) is 5.21 Å². The Morgan fingerprint density at radius 2 is 1.33 bits per heavy atom. The summed E-state index contributed by atoms with van der Waals surface area (Å²) in [4.78, 5) is 0. The molecule has 0 amide bonds. The van der Waals surface area contributed by atoms with Crippen LogP contribution < -0.4 is 4.73 Å². The van der Waals surface area contributed by atoms with Gasteiger partial charge in [-0.2, -0.15) is 4.73 Å². The van der Waals surface area contributed by atoms with Crippen LogP contribution in [0.15, 0.2) is 66.7 Å². The molecule has 0 saturated heterocycles. The second-order valence-corrected chi connectivity index (χ2v) is 5.46. The van der Waals surface area contributed by atoms with Crippen LogP contribution in [0.2, 0.25) is 0 Å². The summed E-state index contributed by atoms with van der Waals surface area (Å²) in [5.74, 6) is 0. The average Bonchev–Trinajstić information content (AvgIpc) is 2.55. The molecule has 1 heterocycles. The highest BCUT2D eigenvalue weighted by Gasteiger charge is 2.17. The van der Waals surface area contributed by atoms with E-state index >= 15 is 0 Å². The van der Waals surface area contributed by atoms with Crippen molar-refractivity contribution in [1.29, 1.82) is 0 Å². The predicted octanol–water partition coefficient (Wildman–Crippen LogP) is 4.37. The maximum atomic E-state index is 12.7. The molecule has 0 aliphatic carbocycles. The van der Waals surface area contributed by atoms with E-state index in [4.69, 9.17) is 0 Å². The summed E-state index contributed by atoms with van der Waals surface area (Å²) in [6.45, 7) is 0. The van der Waals surface area contributed by atoms with Crippen molar-refractivity contribution in [2.75, 3.05) is 0 Å². The third-order valence-electron chi connectivity index (χ3n) is 4.39. The monoisotopic (exact) mass is 269 g/mol. The zero-order valence-electron chi connectivity index (χ0n) is 11.2. The van der Waals surface area contributed by atoms with Gasteiger partial charge in [-0.3, -0.25) is 0 Å². The maximum Gasteiger partial charge on any atom is 0.225 e. The first-order valence-corrected chi connectivity index (χ1v) is 7.02. The van der Waals surface area contributed by atoms with Gasteiger partial charge in [0.25, 0.3) is 0 Å². The molecule has 0 aliphatic heterocycles. The van der Waals surface area contributed by atoms with Gasteiger partial charge in [-0.1, -0.05) is 42.5 Å². The third kappa shape index (κ3) is 1.24. The SMILES string of the molecule is [O-][n+]1c2ccccc2c2ccc3cccc4ccc1c2c34. The number of benzene rings is 4. The highest BCUT2D eigenvalue weighted by atomic mass is 16.5. The summed E-state index contributed by atoms with van der Waals surface area (Å²) in [5, 5.41) is 19.5. The summed E-state index contributed by atoms with van der Waals surface area (Å²) < 4.78 is 1.06. The Bertz CT molecular complexity index is 1130. The molecule has 0 radical (unpaired) electrons. The van der Waals surface area contributed by atoms with Crippen LogP contribution in [-0.2, 0) is 0 Å². The minimum atomic E-state index is 0.725. The van der Waals surface area contributed by atoms with Gasteiger partial charge < -0.3 is 5.21 Å². The fraction of sp³-hybridized carbons (Fsp3) is 0. The molecule has 0 N–H and O–H groups in total. The quantitative estimate of drug-likeness (QED) is 0.177. The van der Waals surface area contributed by atoms with E-state index in [-0.39, 0.29) is 0 Å². The molecular formula is C19H11NO. The third-order valence-corrected chi connectivity index (χ3v) is 4.39. The highest BCUT2D eigenvalue weighted by Crippen LogP contribution is 2.35. The van der Waals surface area contributed by atoms with Gasteiger partial charge in [0.15, 0.2) is 0 Å². The molecular weight excluding hydrogens is 258 g/mol. The largest absolute Gasteiger partial charge is 0.618 e. The first-order valence-electron chi connectivity index (χ1n) is 7.02. The zero-order chi connectivity index (χ0) is 14.0. The molecule has 0 spiro atoms. The number of hydrogen-bond donors (Lipinski definition) is 0. The standard InChI is InChI=1S/C19H11NO/c21-20-16-7-2-1-6-14(16)15-10-8-12-4-3-5-13-9-11-17(20)19(15)18(12)13/h1-11H. The summed E-state index contributed by atoms with van der Waals surface area (Å²) in [5.41, 5.74) is 1.47. The molecule has 5 aromatic rings. The van der Waals surface area contributed by atoms with Gasteiger partial charge >= 0.3 is 0 Å². The summed E-state index contributed by atoms with van der Waals surface area (Å²) in [7, 11) is 0. The fourth-order valence-electron chi connectivity index (χ4n) is 3.47. The second kappa shape index (κ2) is 3.61.